The maximum absolute atomic E-state index is 12.6. The van der Waals surface area contributed by atoms with E-state index in [-0.39, 0.29) is 12.1 Å². The number of carbonyl (C=O) groups excluding carboxylic acids is 1. The van der Waals surface area contributed by atoms with Crippen molar-refractivity contribution >= 4 is 27.6 Å². The quantitative estimate of drug-likeness (QED) is 0.847. The first-order valence-electron chi connectivity index (χ1n) is 6.90. The molecule has 0 bridgehead atoms. The molecule has 1 fully saturated rings. The summed E-state index contributed by atoms with van der Waals surface area (Å²) in [6, 6.07) is 12.1. The highest BCUT2D eigenvalue weighted by Gasteiger charge is 2.33. The van der Waals surface area contributed by atoms with Gasteiger partial charge in [-0.2, -0.15) is 0 Å². The highest BCUT2D eigenvalue weighted by Crippen LogP contribution is 2.28. The van der Waals surface area contributed by atoms with E-state index in [2.05, 4.69) is 40.0 Å². The highest BCUT2D eigenvalue weighted by atomic mass is 79.9. The van der Waals surface area contributed by atoms with Crippen LogP contribution in [-0.4, -0.2) is 29.0 Å². The molecule has 3 rings (SSSR count). The molecule has 108 valence electrons. The van der Waals surface area contributed by atoms with Crippen LogP contribution in [0.4, 0.5) is 10.5 Å². The van der Waals surface area contributed by atoms with Crippen molar-refractivity contribution in [2.24, 2.45) is 0 Å². The number of aromatic nitrogens is 1. The smallest absolute Gasteiger partial charge is 0.316 e. The van der Waals surface area contributed by atoms with Crippen molar-refractivity contribution in [1.29, 1.82) is 0 Å². The summed E-state index contributed by atoms with van der Waals surface area (Å²) in [4.78, 5) is 20.4. The average molecular weight is 346 g/mol. The number of halogens is 1. The van der Waals surface area contributed by atoms with Crippen LogP contribution in [0.25, 0.3) is 0 Å². The first-order chi connectivity index (χ1) is 10.2. The van der Waals surface area contributed by atoms with Crippen molar-refractivity contribution in [2.45, 2.75) is 13.0 Å². The minimum Gasteiger partial charge on any atom is -0.316 e. The Morgan fingerprint density at radius 3 is 2.67 bits per heavy atom. The lowest BCUT2D eigenvalue weighted by molar-refractivity contribution is 0.205. The SMILES string of the molecule is C[C@H](c1ccccc1)N1CCN(c2cncc(Br)c2)C1=O. The minimum absolute atomic E-state index is 0.0336. The lowest BCUT2D eigenvalue weighted by atomic mass is 10.1. The zero-order valence-electron chi connectivity index (χ0n) is 11.7. The lowest BCUT2D eigenvalue weighted by Gasteiger charge is -2.25. The summed E-state index contributed by atoms with van der Waals surface area (Å²) in [6.45, 7) is 3.48. The van der Waals surface area contributed by atoms with Crippen LogP contribution in [0.3, 0.4) is 0 Å². The lowest BCUT2D eigenvalue weighted by Crippen LogP contribution is -2.33. The zero-order chi connectivity index (χ0) is 14.8. The molecule has 2 amide bonds. The number of amides is 2. The Labute approximate surface area is 132 Å². The Morgan fingerprint density at radius 2 is 1.95 bits per heavy atom. The molecule has 0 radical (unpaired) electrons. The summed E-state index contributed by atoms with van der Waals surface area (Å²) in [7, 11) is 0. The van der Waals surface area contributed by atoms with Crippen LogP contribution in [0.2, 0.25) is 0 Å². The fourth-order valence-electron chi connectivity index (χ4n) is 2.61. The van der Waals surface area contributed by atoms with Crippen LogP contribution in [0.5, 0.6) is 0 Å². The average Bonchev–Trinajstić information content (AvgIpc) is 2.89. The molecule has 0 saturated carbocycles. The first kappa shape index (κ1) is 14.1. The molecule has 1 aliphatic rings. The Balaban J connectivity index is 1.81. The van der Waals surface area contributed by atoms with E-state index in [1.807, 2.05) is 29.2 Å². The normalized spacial score (nSPS) is 16.4. The summed E-state index contributed by atoms with van der Waals surface area (Å²) < 4.78 is 0.877. The van der Waals surface area contributed by atoms with Gasteiger partial charge in [0.1, 0.15) is 0 Å². The van der Waals surface area contributed by atoms with E-state index in [0.29, 0.717) is 6.54 Å². The third-order valence-corrected chi connectivity index (χ3v) is 4.23. The van der Waals surface area contributed by atoms with Crippen molar-refractivity contribution in [2.75, 3.05) is 18.0 Å². The molecule has 0 N–H and O–H groups in total. The van der Waals surface area contributed by atoms with Gasteiger partial charge < -0.3 is 4.90 Å². The van der Waals surface area contributed by atoms with E-state index < -0.39 is 0 Å². The predicted molar refractivity (Wildman–Crippen MR) is 86.2 cm³/mol. The van der Waals surface area contributed by atoms with Crippen LogP contribution in [-0.2, 0) is 0 Å². The monoisotopic (exact) mass is 345 g/mol. The standard InChI is InChI=1S/C16H16BrN3O/c1-12(13-5-3-2-4-6-13)19-7-8-20(16(19)21)15-9-14(17)10-18-11-15/h2-6,9-12H,7-8H2,1H3/t12-/m1/s1. The molecule has 1 atom stereocenters. The van der Waals surface area contributed by atoms with Gasteiger partial charge in [-0.15, -0.1) is 0 Å². The molecule has 5 heteroatoms. The zero-order valence-corrected chi connectivity index (χ0v) is 13.3. The molecule has 0 aliphatic carbocycles. The number of nitrogens with zero attached hydrogens (tertiary/aromatic N) is 3. The molecular weight excluding hydrogens is 330 g/mol. The summed E-state index contributed by atoms with van der Waals surface area (Å²) in [5.41, 5.74) is 1.98. The predicted octanol–water partition coefficient (Wildman–Crippen LogP) is 3.85. The Hall–Kier alpha value is -1.88. The van der Waals surface area contributed by atoms with Crippen molar-refractivity contribution in [1.82, 2.24) is 9.88 Å². The van der Waals surface area contributed by atoms with Gasteiger partial charge >= 0.3 is 6.03 Å². The second kappa shape index (κ2) is 5.85. The fraction of sp³-hybridized carbons (Fsp3) is 0.250. The maximum atomic E-state index is 12.6. The topological polar surface area (TPSA) is 36.4 Å². The number of rotatable bonds is 3. The molecule has 2 aromatic rings. The first-order valence-corrected chi connectivity index (χ1v) is 7.70. The molecule has 2 heterocycles. The second-order valence-corrected chi connectivity index (χ2v) is 5.99. The molecular formula is C16H16BrN3O. The summed E-state index contributed by atoms with van der Waals surface area (Å²) in [5.74, 6) is 0. The van der Waals surface area contributed by atoms with Gasteiger partial charge in [0.25, 0.3) is 0 Å². The van der Waals surface area contributed by atoms with E-state index in [4.69, 9.17) is 0 Å². The van der Waals surface area contributed by atoms with Crippen molar-refractivity contribution < 1.29 is 4.79 Å². The van der Waals surface area contributed by atoms with E-state index in [1.54, 1.807) is 17.3 Å². The summed E-state index contributed by atoms with van der Waals surface area (Å²) >= 11 is 3.40. The third-order valence-electron chi connectivity index (χ3n) is 3.79. The summed E-state index contributed by atoms with van der Waals surface area (Å²) in [5, 5.41) is 0. The highest BCUT2D eigenvalue weighted by molar-refractivity contribution is 9.10. The Morgan fingerprint density at radius 1 is 1.19 bits per heavy atom. The van der Waals surface area contributed by atoms with Crippen LogP contribution in [0, 0.1) is 0 Å². The molecule has 21 heavy (non-hydrogen) atoms. The van der Waals surface area contributed by atoms with Gasteiger partial charge in [-0.3, -0.25) is 9.88 Å². The largest absolute Gasteiger partial charge is 0.325 e. The molecule has 1 saturated heterocycles. The van der Waals surface area contributed by atoms with Crippen molar-refractivity contribution in [3.8, 4) is 0 Å². The molecule has 1 aromatic heterocycles. The van der Waals surface area contributed by atoms with E-state index in [0.717, 1.165) is 22.3 Å². The fourth-order valence-corrected chi connectivity index (χ4v) is 2.97. The number of hydrogen-bond acceptors (Lipinski definition) is 2. The van der Waals surface area contributed by atoms with Crippen LogP contribution in [0.1, 0.15) is 18.5 Å². The van der Waals surface area contributed by atoms with Crippen molar-refractivity contribution in [3.63, 3.8) is 0 Å². The number of anilines is 1. The number of hydrogen-bond donors (Lipinski definition) is 0. The second-order valence-electron chi connectivity index (χ2n) is 5.08. The maximum Gasteiger partial charge on any atom is 0.325 e. The number of benzene rings is 1. The third kappa shape index (κ3) is 2.78. The Kier molecular flexibility index (Phi) is 3.92. The molecule has 0 spiro atoms. The molecule has 4 nitrogen and oxygen atoms in total. The molecule has 0 unspecified atom stereocenters. The molecule has 1 aromatic carbocycles. The Bertz CT molecular complexity index is 647. The number of urea groups is 1. The van der Waals surface area contributed by atoms with Gasteiger partial charge in [-0.25, -0.2) is 4.79 Å². The number of carbonyl (C=O) groups is 1. The molecule has 1 aliphatic heterocycles. The van der Waals surface area contributed by atoms with Gasteiger partial charge in [0.2, 0.25) is 0 Å². The van der Waals surface area contributed by atoms with Crippen molar-refractivity contribution in [3.05, 3.63) is 58.8 Å². The minimum atomic E-state index is 0.0336. The van der Waals surface area contributed by atoms with Crippen LogP contribution < -0.4 is 4.90 Å². The van der Waals surface area contributed by atoms with E-state index in [9.17, 15) is 4.79 Å². The number of pyridine rings is 1. The van der Waals surface area contributed by atoms with E-state index in [1.165, 1.54) is 0 Å². The van der Waals surface area contributed by atoms with Gasteiger partial charge in [-0.1, -0.05) is 30.3 Å². The van der Waals surface area contributed by atoms with Gasteiger partial charge in [0.15, 0.2) is 0 Å². The van der Waals surface area contributed by atoms with E-state index >= 15 is 0 Å². The van der Waals surface area contributed by atoms with Crippen LogP contribution >= 0.6 is 15.9 Å². The van der Waals surface area contributed by atoms with Gasteiger partial charge in [0, 0.05) is 23.8 Å². The van der Waals surface area contributed by atoms with Gasteiger partial charge in [0.05, 0.1) is 17.9 Å². The van der Waals surface area contributed by atoms with Gasteiger partial charge in [-0.05, 0) is 34.5 Å². The summed E-state index contributed by atoms with van der Waals surface area (Å²) in [6.07, 6.45) is 3.44. The van der Waals surface area contributed by atoms with Crippen LogP contribution in [0.15, 0.2) is 53.3 Å².